The fourth-order valence-corrected chi connectivity index (χ4v) is 2.13. The van der Waals surface area contributed by atoms with E-state index in [2.05, 4.69) is 10.1 Å². The van der Waals surface area contributed by atoms with Gasteiger partial charge in [-0.25, -0.2) is 0 Å². The second-order valence-corrected chi connectivity index (χ2v) is 5.19. The minimum Gasteiger partial charge on any atom is -0.337 e. The van der Waals surface area contributed by atoms with Crippen molar-refractivity contribution in [1.29, 1.82) is 0 Å². The summed E-state index contributed by atoms with van der Waals surface area (Å²) >= 11 is 5.93. The molecular weight excluding hydrogens is 250 g/mol. The van der Waals surface area contributed by atoms with Crippen molar-refractivity contribution in [3.8, 4) is 11.4 Å². The molecule has 1 saturated carbocycles. The van der Waals surface area contributed by atoms with E-state index >= 15 is 0 Å². The number of aromatic nitrogens is 2. The van der Waals surface area contributed by atoms with Gasteiger partial charge in [0.2, 0.25) is 11.7 Å². The van der Waals surface area contributed by atoms with Crippen LogP contribution in [0.3, 0.4) is 0 Å². The smallest absolute Gasteiger partial charge is 0.243 e. The average molecular weight is 264 g/mol. The highest BCUT2D eigenvalue weighted by atomic mass is 35.5. The van der Waals surface area contributed by atoms with Gasteiger partial charge in [0.15, 0.2) is 0 Å². The molecule has 0 aliphatic heterocycles. The first-order valence-corrected chi connectivity index (χ1v) is 6.45. The summed E-state index contributed by atoms with van der Waals surface area (Å²) in [6.45, 7) is 0. The molecule has 0 radical (unpaired) electrons. The lowest BCUT2D eigenvalue weighted by Crippen LogP contribution is -2.11. The molecule has 1 aliphatic rings. The average Bonchev–Trinajstić information content (AvgIpc) is 3.03. The third kappa shape index (κ3) is 2.54. The Bertz CT molecular complexity index is 551. The molecule has 2 aromatic rings. The zero-order valence-corrected chi connectivity index (χ0v) is 10.6. The van der Waals surface area contributed by atoms with Crippen LogP contribution in [0, 0.1) is 5.92 Å². The van der Waals surface area contributed by atoms with Gasteiger partial charge in [-0.15, -0.1) is 0 Å². The van der Waals surface area contributed by atoms with Gasteiger partial charge in [-0.1, -0.05) is 41.7 Å². The van der Waals surface area contributed by atoms with Crippen molar-refractivity contribution < 1.29 is 4.52 Å². The third-order valence-electron chi connectivity index (χ3n) is 3.13. The summed E-state index contributed by atoms with van der Waals surface area (Å²) in [5, 5.41) is 4.61. The molecular formula is C13H14ClN3O. The molecule has 1 fully saturated rings. The third-order valence-corrected chi connectivity index (χ3v) is 3.36. The molecule has 2 N–H and O–H groups in total. The van der Waals surface area contributed by atoms with Crippen LogP contribution in [0.15, 0.2) is 28.8 Å². The van der Waals surface area contributed by atoms with E-state index in [0.29, 0.717) is 16.7 Å². The van der Waals surface area contributed by atoms with Gasteiger partial charge in [0.1, 0.15) is 0 Å². The highest BCUT2D eigenvalue weighted by Gasteiger charge is 2.27. The predicted octanol–water partition coefficient (Wildman–Crippen LogP) is 3.19. The molecule has 1 aliphatic carbocycles. The Morgan fingerprint density at radius 1 is 1.44 bits per heavy atom. The largest absolute Gasteiger partial charge is 0.337 e. The molecule has 1 unspecified atom stereocenters. The van der Waals surface area contributed by atoms with Crippen LogP contribution in [-0.4, -0.2) is 10.1 Å². The molecule has 0 amide bonds. The standard InChI is InChI=1S/C13H14ClN3O/c14-10-3-1-2-9(7-10)12-16-13(18-17-12)11(15)6-8-4-5-8/h1-3,7-8,11H,4-6,15H2. The molecule has 1 aromatic carbocycles. The van der Waals surface area contributed by atoms with Crippen LogP contribution in [0.25, 0.3) is 11.4 Å². The number of nitrogens with two attached hydrogens (primary N) is 1. The van der Waals surface area contributed by atoms with E-state index in [4.69, 9.17) is 21.9 Å². The summed E-state index contributed by atoms with van der Waals surface area (Å²) in [7, 11) is 0. The topological polar surface area (TPSA) is 64.9 Å². The summed E-state index contributed by atoms with van der Waals surface area (Å²) in [4.78, 5) is 4.34. The first-order valence-electron chi connectivity index (χ1n) is 6.07. The molecule has 1 heterocycles. The SMILES string of the molecule is NC(CC1CC1)c1nc(-c2cccc(Cl)c2)no1. The Hall–Kier alpha value is -1.39. The van der Waals surface area contributed by atoms with Crippen LogP contribution in [0.1, 0.15) is 31.2 Å². The molecule has 0 spiro atoms. The minimum atomic E-state index is -0.155. The van der Waals surface area contributed by atoms with Crippen LogP contribution in [0.4, 0.5) is 0 Å². The van der Waals surface area contributed by atoms with Crippen molar-refractivity contribution in [2.24, 2.45) is 11.7 Å². The van der Waals surface area contributed by atoms with Crippen molar-refractivity contribution >= 4 is 11.6 Å². The molecule has 0 bridgehead atoms. The summed E-state index contributed by atoms with van der Waals surface area (Å²) in [5.74, 6) is 1.79. The summed E-state index contributed by atoms with van der Waals surface area (Å²) < 4.78 is 5.22. The number of hydrogen-bond acceptors (Lipinski definition) is 4. The molecule has 4 nitrogen and oxygen atoms in total. The Kier molecular flexibility index (Phi) is 3.06. The normalized spacial score (nSPS) is 16.8. The Morgan fingerprint density at radius 3 is 3.00 bits per heavy atom. The maximum Gasteiger partial charge on any atom is 0.243 e. The lowest BCUT2D eigenvalue weighted by atomic mass is 10.1. The van der Waals surface area contributed by atoms with Crippen molar-refractivity contribution in [2.45, 2.75) is 25.3 Å². The van der Waals surface area contributed by atoms with E-state index in [1.807, 2.05) is 24.3 Å². The van der Waals surface area contributed by atoms with Crippen molar-refractivity contribution in [2.75, 3.05) is 0 Å². The zero-order chi connectivity index (χ0) is 12.5. The highest BCUT2D eigenvalue weighted by molar-refractivity contribution is 6.30. The van der Waals surface area contributed by atoms with Gasteiger partial charge >= 0.3 is 0 Å². The van der Waals surface area contributed by atoms with Gasteiger partial charge in [0.05, 0.1) is 6.04 Å². The van der Waals surface area contributed by atoms with Gasteiger partial charge in [-0.3, -0.25) is 0 Å². The van der Waals surface area contributed by atoms with Crippen LogP contribution in [0.2, 0.25) is 5.02 Å². The van der Waals surface area contributed by atoms with Crippen molar-refractivity contribution in [3.63, 3.8) is 0 Å². The molecule has 5 heteroatoms. The van der Waals surface area contributed by atoms with Crippen LogP contribution in [-0.2, 0) is 0 Å². The van der Waals surface area contributed by atoms with E-state index in [1.54, 1.807) is 0 Å². The van der Waals surface area contributed by atoms with Crippen LogP contribution < -0.4 is 5.73 Å². The number of rotatable bonds is 4. The second kappa shape index (κ2) is 4.71. The van der Waals surface area contributed by atoms with E-state index in [9.17, 15) is 0 Å². The van der Waals surface area contributed by atoms with Crippen molar-refractivity contribution in [3.05, 3.63) is 35.2 Å². The monoisotopic (exact) mass is 263 g/mol. The Balaban J connectivity index is 1.79. The fourth-order valence-electron chi connectivity index (χ4n) is 1.94. The van der Waals surface area contributed by atoms with Gasteiger partial charge in [0.25, 0.3) is 0 Å². The van der Waals surface area contributed by atoms with Gasteiger partial charge in [0, 0.05) is 10.6 Å². The second-order valence-electron chi connectivity index (χ2n) is 4.75. The lowest BCUT2D eigenvalue weighted by Gasteiger charge is -2.03. The molecule has 1 aromatic heterocycles. The summed E-state index contributed by atoms with van der Waals surface area (Å²) in [6.07, 6.45) is 3.46. The molecule has 3 rings (SSSR count). The van der Waals surface area contributed by atoms with E-state index in [1.165, 1.54) is 12.8 Å². The van der Waals surface area contributed by atoms with Gasteiger partial charge < -0.3 is 10.3 Å². The first kappa shape index (κ1) is 11.7. The van der Waals surface area contributed by atoms with Gasteiger partial charge in [-0.05, 0) is 24.5 Å². The Morgan fingerprint density at radius 2 is 2.28 bits per heavy atom. The molecule has 0 saturated heterocycles. The summed E-state index contributed by atoms with van der Waals surface area (Å²) in [6, 6.07) is 7.22. The predicted molar refractivity (Wildman–Crippen MR) is 69.0 cm³/mol. The molecule has 18 heavy (non-hydrogen) atoms. The number of halogens is 1. The van der Waals surface area contributed by atoms with Gasteiger partial charge in [-0.2, -0.15) is 4.98 Å². The molecule has 94 valence electrons. The van der Waals surface area contributed by atoms with Crippen LogP contribution >= 0.6 is 11.6 Å². The molecule has 1 atom stereocenters. The summed E-state index contributed by atoms with van der Waals surface area (Å²) in [5.41, 5.74) is 6.88. The Labute approximate surface area is 110 Å². The number of nitrogens with zero attached hydrogens (tertiary/aromatic N) is 2. The van der Waals surface area contributed by atoms with E-state index < -0.39 is 0 Å². The van der Waals surface area contributed by atoms with E-state index in [0.717, 1.165) is 17.9 Å². The maximum atomic E-state index is 6.03. The minimum absolute atomic E-state index is 0.155. The van der Waals surface area contributed by atoms with E-state index in [-0.39, 0.29) is 6.04 Å². The first-order chi connectivity index (χ1) is 8.72. The highest BCUT2D eigenvalue weighted by Crippen LogP contribution is 2.36. The number of benzene rings is 1. The maximum absolute atomic E-state index is 6.03. The fraction of sp³-hybridized carbons (Fsp3) is 0.385. The quantitative estimate of drug-likeness (QED) is 0.920. The zero-order valence-electron chi connectivity index (χ0n) is 9.84. The number of hydrogen-bond donors (Lipinski definition) is 1. The lowest BCUT2D eigenvalue weighted by molar-refractivity contribution is 0.344. The van der Waals surface area contributed by atoms with Crippen LogP contribution in [0.5, 0.6) is 0 Å². The van der Waals surface area contributed by atoms with Crippen molar-refractivity contribution in [1.82, 2.24) is 10.1 Å².